The van der Waals surface area contributed by atoms with Crippen LogP contribution < -0.4 is 11.0 Å². The highest BCUT2D eigenvalue weighted by Crippen LogP contribution is 2.36. The lowest BCUT2D eigenvalue weighted by atomic mass is 10.1. The van der Waals surface area contributed by atoms with E-state index >= 15 is 0 Å². The molecule has 7 rings (SSSR count). The van der Waals surface area contributed by atoms with Crippen molar-refractivity contribution in [2.45, 2.75) is 57.6 Å². The lowest BCUT2D eigenvalue weighted by Gasteiger charge is -2.34. The predicted octanol–water partition coefficient (Wildman–Crippen LogP) is 6.12. The van der Waals surface area contributed by atoms with Crippen LogP contribution in [0.1, 0.15) is 44.6 Å². The first-order valence-electron chi connectivity index (χ1n) is 16.9. The number of imidazole rings is 1. The molecular weight excluding hydrogens is 814 g/mol. The minimum absolute atomic E-state index is 0.0580. The van der Waals surface area contributed by atoms with E-state index in [4.69, 9.17) is 0 Å². The van der Waals surface area contributed by atoms with Gasteiger partial charge in [0.15, 0.2) is 11.9 Å². The van der Waals surface area contributed by atoms with Crippen LogP contribution in [0.3, 0.4) is 0 Å². The Morgan fingerprint density at radius 1 is 1.00 bits per heavy atom. The van der Waals surface area contributed by atoms with Crippen molar-refractivity contribution in [1.29, 1.82) is 0 Å². The van der Waals surface area contributed by atoms with E-state index in [0.29, 0.717) is 17.0 Å². The minimum atomic E-state index is -4.89. The second-order valence-corrected chi connectivity index (χ2v) is 13.9. The topological polar surface area (TPSA) is 140 Å². The second-order valence-electron chi connectivity index (χ2n) is 13.1. The fraction of sp³-hybridized carbons (Fsp3) is 0.243. The highest BCUT2D eigenvalue weighted by atomic mass is 79.9. The summed E-state index contributed by atoms with van der Waals surface area (Å²) in [7, 11) is 0. The Morgan fingerprint density at radius 3 is 2.45 bits per heavy atom. The van der Waals surface area contributed by atoms with Gasteiger partial charge in [-0.05, 0) is 55.0 Å². The summed E-state index contributed by atoms with van der Waals surface area (Å²) >= 11 is 2.89. The van der Waals surface area contributed by atoms with Crippen LogP contribution in [0.4, 0.5) is 26.3 Å². The van der Waals surface area contributed by atoms with Crippen LogP contribution in [-0.2, 0) is 32.4 Å². The van der Waals surface area contributed by atoms with Gasteiger partial charge in [-0.3, -0.25) is 23.4 Å². The monoisotopic (exact) mass is 842 g/mol. The average molecular weight is 844 g/mol. The van der Waals surface area contributed by atoms with Gasteiger partial charge in [0, 0.05) is 58.7 Å². The summed E-state index contributed by atoms with van der Waals surface area (Å²) in [6.45, 7) is 0.206. The summed E-state index contributed by atoms with van der Waals surface area (Å²) < 4.78 is 83.6. The minimum Gasteiger partial charge on any atom is -0.382 e. The molecule has 1 aliphatic rings. The first-order valence-corrected chi connectivity index (χ1v) is 17.7. The summed E-state index contributed by atoms with van der Waals surface area (Å²) in [6.07, 6.45) is -7.94. The number of carbonyl (C=O) groups excluding carboxylic acids is 2. The quantitative estimate of drug-likeness (QED) is 0.176. The van der Waals surface area contributed by atoms with Crippen molar-refractivity contribution in [1.82, 2.24) is 39.1 Å². The fourth-order valence-electron chi connectivity index (χ4n) is 6.57. The average Bonchev–Trinajstić information content (AvgIpc) is 3.69. The highest BCUT2D eigenvalue weighted by molar-refractivity contribution is 9.10. The van der Waals surface area contributed by atoms with Crippen LogP contribution in [0, 0.1) is 0 Å². The number of rotatable bonds is 8. The molecule has 0 fully saturated rings. The van der Waals surface area contributed by atoms with E-state index in [1.807, 2.05) is 0 Å². The van der Waals surface area contributed by atoms with Gasteiger partial charge in [0.1, 0.15) is 5.69 Å². The SMILES string of the molecule is C[C@@H]1Cn2c(c(C(=O)NCc3ccccc3-c3ncccn3)n(-c3ccc4nn(C[C@@H](O)C(F)(F)F)cc4c3)c2=O)CN1C(=O)c1ccc(Br)c(C(F)(F)F)c1. The molecule has 0 saturated heterocycles. The lowest BCUT2D eigenvalue weighted by molar-refractivity contribution is -0.207. The van der Waals surface area contributed by atoms with Crippen molar-refractivity contribution in [3.8, 4) is 17.1 Å². The van der Waals surface area contributed by atoms with Gasteiger partial charge in [-0.15, -0.1) is 0 Å². The van der Waals surface area contributed by atoms with E-state index < -0.39 is 54.1 Å². The number of nitrogens with one attached hydrogen (secondary N) is 1. The van der Waals surface area contributed by atoms with Crippen LogP contribution in [0.5, 0.6) is 0 Å². The van der Waals surface area contributed by atoms with Gasteiger partial charge >= 0.3 is 18.0 Å². The molecule has 0 bridgehead atoms. The number of aliphatic hydroxyl groups excluding tert-OH is 1. The maximum atomic E-state index is 14.3. The van der Waals surface area contributed by atoms with E-state index in [0.717, 1.165) is 21.4 Å². The van der Waals surface area contributed by atoms with Gasteiger partial charge in [0.2, 0.25) is 0 Å². The number of benzene rings is 3. The van der Waals surface area contributed by atoms with Crippen molar-refractivity contribution in [3.63, 3.8) is 0 Å². The van der Waals surface area contributed by atoms with Crippen molar-refractivity contribution < 1.29 is 41.0 Å². The third-order valence-corrected chi connectivity index (χ3v) is 10.0. The normalized spacial score (nSPS) is 15.2. The third-order valence-electron chi connectivity index (χ3n) is 9.33. The van der Waals surface area contributed by atoms with Gasteiger partial charge < -0.3 is 15.3 Å². The summed E-state index contributed by atoms with van der Waals surface area (Å²) in [6, 6.07) is 15.4. The van der Waals surface area contributed by atoms with E-state index in [2.05, 4.69) is 36.3 Å². The fourth-order valence-corrected chi connectivity index (χ4v) is 7.04. The third kappa shape index (κ3) is 7.43. The first-order chi connectivity index (χ1) is 26.5. The van der Waals surface area contributed by atoms with E-state index in [-0.39, 0.29) is 57.6 Å². The zero-order valence-electron chi connectivity index (χ0n) is 29.0. The molecule has 290 valence electrons. The van der Waals surface area contributed by atoms with Crippen LogP contribution in [0.15, 0.2) is 94.6 Å². The highest BCUT2D eigenvalue weighted by Gasteiger charge is 2.39. The molecule has 56 heavy (non-hydrogen) atoms. The molecule has 3 aromatic heterocycles. The van der Waals surface area contributed by atoms with Crippen LogP contribution in [-0.4, -0.2) is 69.0 Å². The number of hydrogen-bond acceptors (Lipinski definition) is 7. The smallest absolute Gasteiger partial charge is 0.382 e. The van der Waals surface area contributed by atoms with Crippen molar-refractivity contribution in [3.05, 3.63) is 128 Å². The molecule has 19 heteroatoms. The number of aliphatic hydroxyl groups is 1. The standard InChI is InChI=1S/C37H29BrF6N8O4/c1-20-16-51-29(18-50(20)34(55)21-7-9-27(38)26(14-21)36(39,40)41)31(33(54)47-15-22-5-2-3-6-25(22)32-45-11-4-12-46-32)52(35(51)56)24-8-10-28-23(13-24)17-49(48-28)19-30(53)37(42,43)44/h2-14,17,20,30,53H,15-16,18-19H2,1H3,(H,47,54)/t20-,30-/m1/s1. The number of carbonyl (C=O) groups is 2. The van der Waals surface area contributed by atoms with Crippen LogP contribution in [0.2, 0.25) is 0 Å². The number of nitrogens with zero attached hydrogens (tertiary/aromatic N) is 7. The lowest BCUT2D eigenvalue weighted by Crippen LogP contribution is -2.47. The Bertz CT molecular complexity index is 2530. The van der Waals surface area contributed by atoms with Gasteiger partial charge in [-0.2, -0.15) is 31.4 Å². The van der Waals surface area contributed by atoms with Gasteiger partial charge in [0.05, 0.1) is 35.6 Å². The molecule has 0 spiro atoms. The zero-order chi connectivity index (χ0) is 40.1. The van der Waals surface area contributed by atoms with E-state index in [1.165, 1.54) is 39.9 Å². The Morgan fingerprint density at radius 2 is 1.73 bits per heavy atom. The molecule has 0 aliphatic carbocycles. The summed E-state index contributed by atoms with van der Waals surface area (Å²) in [5, 5.41) is 16.8. The first kappa shape index (κ1) is 38.5. The number of fused-ring (bicyclic) bond motifs is 2. The van der Waals surface area contributed by atoms with Gasteiger partial charge in [-0.1, -0.05) is 40.2 Å². The van der Waals surface area contributed by atoms with Crippen molar-refractivity contribution in [2.24, 2.45) is 0 Å². The summed E-state index contributed by atoms with van der Waals surface area (Å²) in [5.41, 5.74) is -0.443. The Balaban J connectivity index is 1.30. The van der Waals surface area contributed by atoms with Gasteiger partial charge in [0.25, 0.3) is 11.8 Å². The second kappa shape index (κ2) is 14.7. The predicted molar refractivity (Wildman–Crippen MR) is 192 cm³/mol. The molecule has 0 saturated carbocycles. The molecule has 0 radical (unpaired) electrons. The summed E-state index contributed by atoms with van der Waals surface area (Å²) in [4.78, 5) is 52.3. The van der Waals surface area contributed by atoms with Gasteiger partial charge in [-0.25, -0.2) is 14.8 Å². The van der Waals surface area contributed by atoms with Crippen molar-refractivity contribution >= 4 is 38.6 Å². The number of alkyl halides is 6. The molecule has 0 unspecified atom stereocenters. The molecule has 12 nitrogen and oxygen atoms in total. The molecule has 2 amide bonds. The number of amides is 2. The maximum Gasteiger partial charge on any atom is 0.417 e. The van der Waals surface area contributed by atoms with E-state index in [9.17, 15) is 45.8 Å². The number of aromatic nitrogens is 6. The molecule has 2 N–H and O–H groups in total. The molecule has 1 aliphatic heterocycles. The zero-order valence-corrected chi connectivity index (χ0v) is 30.6. The molecule has 4 heterocycles. The maximum absolute atomic E-state index is 14.3. The van der Waals surface area contributed by atoms with Crippen LogP contribution in [0.25, 0.3) is 28.0 Å². The Kier molecular flexibility index (Phi) is 10.1. The largest absolute Gasteiger partial charge is 0.417 e. The Labute approximate surface area is 321 Å². The Hall–Kier alpha value is -5.82. The molecule has 3 aromatic carbocycles. The molecular formula is C37H29BrF6N8O4. The molecule has 2 atom stereocenters. The van der Waals surface area contributed by atoms with Crippen molar-refractivity contribution in [2.75, 3.05) is 0 Å². The molecule has 6 aromatic rings. The summed E-state index contributed by atoms with van der Waals surface area (Å²) in [5.74, 6) is -1.11. The van der Waals surface area contributed by atoms with E-state index in [1.54, 1.807) is 49.6 Å². The van der Waals surface area contributed by atoms with Crippen LogP contribution >= 0.6 is 15.9 Å². The number of hydrogen-bond donors (Lipinski definition) is 2. The number of halogens is 7.